The van der Waals surface area contributed by atoms with Crippen LogP contribution in [0.5, 0.6) is 0 Å². The summed E-state index contributed by atoms with van der Waals surface area (Å²) in [4.78, 5) is 28.6. The van der Waals surface area contributed by atoms with Crippen LogP contribution in [0.2, 0.25) is 5.02 Å². The third-order valence-electron chi connectivity index (χ3n) is 3.27. The Labute approximate surface area is 163 Å². The lowest BCUT2D eigenvalue weighted by molar-refractivity contribution is -0.124. The summed E-state index contributed by atoms with van der Waals surface area (Å²) in [5.41, 5.74) is 0.931. The number of nitrogens with one attached hydrogen (secondary N) is 3. The van der Waals surface area contributed by atoms with Crippen LogP contribution in [-0.4, -0.2) is 49.0 Å². The number of aliphatic imine (C=N–C) groups is 1. The van der Waals surface area contributed by atoms with Gasteiger partial charge in [0.1, 0.15) is 0 Å². The molecule has 0 bridgehead atoms. The first kappa shape index (κ1) is 20.5. The highest BCUT2D eigenvalue weighted by Gasteiger charge is 2.27. The smallest absolute Gasteiger partial charge is 0.324 e. The van der Waals surface area contributed by atoms with E-state index in [-0.39, 0.29) is 42.5 Å². The second-order valence-electron chi connectivity index (χ2n) is 4.92. The van der Waals surface area contributed by atoms with Gasteiger partial charge in [0.2, 0.25) is 5.91 Å². The zero-order valence-corrected chi connectivity index (χ0v) is 16.4. The molecule has 1 aromatic carbocycles. The number of urea groups is 1. The first-order valence-electron chi connectivity index (χ1n) is 7.45. The van der Waals surface area contributed by atoms with E-state index in [1.54, 1.807) is 0 Å². The second-order valence-corrected chi connectivity index (χ2v) is 5.32. The van der Waals surface area contributed by atoms with Gasteiger partial charge >= 0.3 is 6.03 Å². The number of carbonyl (C=O) groups is 2. The third-order valence-corrected chi connectivity index (χ3v) is 3.64. The maximum absolute atomic E-state index is 11.5. The molecule has 9 heteroatoms. The highest BCUT2D eigenvalue weighted by Crippen LogP contribution is 2.15. The Morgan fingerprint density at radius 3 is 2.71 bits per heavy atom. The van der Waals surface area contributed by atoms with Crippen molar-refractivity contribution in [2.24, 2.45) is 4.99 Å². The number of benzene rings is 1. The van der Waals surface area contributed by atoms with Gasteiger partial charge in [0, 0.05) is 24.7 Å². The van der Waals surface area contributed by atoms with Gasteiger partial charge in [0.05, 0.1) is 13.1 Å². The molecule has 3 amide bonds. The molecule has 0 unspecified atom stereocenters. The van der Waals surface area contributed by atoms with E-state index in [4.69, 9.17) is 11.6 Å². The van der Waals surface area contributed by atoms with Crippen LogP contribution in [0, 0.1) is 0 Å². The van der Waals surface area contributed by atoms with E-state index in [9.17, 15) is 9.59 Å². The molecule has 0 aromatic heterocycles. The van der Waals surface area contributed by atoms with Crippen molar-refractivity contribution in [2.45, 2.75) is 13.5 Å². The van der Waals surface area contributed by atoms with Gasteiger partial charge in [0.15, 0.2) is 5.96 Å². The average molecular weight is 466 g/mol. The van der Waals surface area contributed by atoms with Crippen LogP contribution in [0.1, 0.15) is 12.5 Å². The number of halogens is 2. The van der Waals surface area contributed by atoms with Gasteiger partial charge < -0.3 is 16.0 Å². The molecule has 1 saturated heterocycles. The summed E-state index contributed by atoms with van der Waals surface area (Å²) < 4.78 is 0. The molecule has 3 N–H and O–H groups in total. The van der Waals surface area contributed by atoms with Crippen LogP contribution < -0.4 is 16.0 Å². The monoisotopic (exact) mass is 465 g/mol. The number of rotatable bonds is 6. The molecule has 0 saturated carbocycles. The minimum absolute atomic E-state index is 0. The van der Waals surface area contributed by atoms with Gasteiger partial charge in [-0.25, -0.2) is 9.79 Å². The Morgan fingerprint density at radius 1 is 1.33 bits per heavy atom. The van der Waals surface area contributed by atoms with Crippen molar-refractivity contribution < 1.29 is 9.59 Å². The van der Waals surface area contributed by atoms with Crippen molar-refractivity contribution in [1.82, 2.24) is 20.9 Å². The molecule has 2 rings (SSSR count). The topological polar surface area (TPSA) is 85.8 Å². The van der Waals surface area contributed by atoms with Gasteiger partial charge in [-0.3, -0.25) is 9.69 Å². The Bertz CT molecular complexity index is 595. The van der Waals surface area contributed by atoms with Crippen molar-refractivity contribution in [2.75, 3.05) is 26.2 Å². The highest BCUT2D eigenvalue weighted by molar-refractivity contribution is 14.0. The number of amides is 3. The van der Waals surface area contributed by atoms with Gasteiger partial charge in [-0.15, -0.1) is 24.0 Å². The Balaban J connectivity index is 0.00000288. The average Bonchev–Trinajstić information content (AvgIpc) is 2.85. The molecule has 0 spiro atoms. The molecule has 0 radical (unpaired) electrons. The fourth-order valence-electron chi connectivity index (χ4n) is 2.10. The molecule has 1 heterocycles. The number of nitrogens with zero attached hydrogens (tertiary/aromatic N) is 2. The fourth-order valence-corrected chi connectivity index (χ4v) is 2.30. The predicted molar refractivity (Wildman–Crippen MR) is 105 cm³/mol. The van der Waals surface area contributed by atoms with Crippen LogP contribution in [0.4, 0.5) is 4.79 Å². The van der Waals surface area contributed by atoms with Gasteiger partial charge in [-0.1, -0.05) is 29.8 Å². The van der Waals surface area contributed by atoms with E-state index in [1.165, 1.54) is 4.90 Å². The summed E-state index contributed by atoms with van der Waals surface area (Å²) in [6.45, 7) is 3.90. The lowest BCUT2D eigenvalue weighted by Gasteiger charge is -2.15. The summed E-state index contributed by atoms with van der Waals surface area (Å²) in [5.74, 6) is 0.397. The fraction of sp³-hybridized carbons (Fsp3) is 0.400. The molecule has 1 fully saturated rings. The zero-order chi connectivity index (χ0) is 16.7. The third kappa shape index (κ3) is 5.82. The maximum atomic E-state index is 11.5. The summed E-state index contributed by atoms with van der Waals surface area (Å²) in [6, 6.07) is 7.17. The first-order valence-corrected chi connectivity index (χ1v) is 7.83. The van der Waals surface area contributed by atoms with Crippen molar-refractivity contribution in [3.05, 3.63) is 34.9 Å². The molecular weight excluding hydrogens is 445 g/mol. The van der Waals surface area contributed by atoms with Crippen LogP contribution >= 0.6 is 35.6 Å². The number of imide groups is 1. The van der Waals surface area contributed by atoms with Gasteiger partial charge in [-0.05, 0) is 18.6 Å². The standard InChI is InChI=1S/C15H20ClN5O2.HI/c1-2-17-14(19-9-11-5-3-4-6-12(11)16)18-7-8-21-13(22)10-20-15(21)23;/h3-6H,2,7-10H2,1H3,(H,20,23)(H2,17,18,19);1H. The molecule has 0 atom stereocenters. The number of guanidine groups is 1. The second kappa shape index (κ2) is 10.3. The summed E-state index contributed by atoms with van der Waals surface area (Å²) in [6.07, 6.45) is 0. The van der Waals surface area contributed by atoms with Crippen LogP contribution in [0.3, 0.4) is 0 Å². The lowest BCUT2D eigenvalue weighted by atomic mass is 10.2. The van der Waals surface area contributed by atoms with E-state index in [1.807, 2.05) is 31.2 Å². The van der Waals surface area contributed by atoms with Crippen LogP contribution in [0.15, 0.2) is 29.3 Å². The molecule has 132 valence electrons. The molecule has 7 nitrogen and oxygen atoms in total. The first-order chi connectivity index (χ1) is 11.1. The summed E-state index contributed by atoms with van der Waals surface area (Å²) in [7, 11) is 0. The largest absolute Gasteiger partial charge is 0.357 e. The van der Waals surface area contributed by atoms with E-state index in [0.717, 1.165) is 5.56 Å². The molecule has 1 aromatic rings. The van der Waals surface area contributed by atoms with Crippen molar-refractivity contribution in [1.29, 1.82) is 0 Å². The molecule has 1 aliphatic heterocycles. The molecule has 1 aliphatic rings. The summed E-state index contributed by atoms with van der Waals surface area (Å²) in [5, 5.41) is 9.37. The minimum atomic E-state index is -0.352. The van der Waals surface area contributed by atoms with E-state index in [2.05, 4.69) is 20.9 Å². The SMILES string of the molecule is CCNC(=NCc1ccccc1Cl)NCCN1C(=O)CNC1=O.I. The number of hydrogen-bond acceptors (Lipinski definition) is 3. The van der Waals surface area contributed by atoms with Crippen LogP contribution in [0.25, 0.3) is 0 Å². The molecule has 24 heavy (non-hydrogen) atoms. The van der Waals surface area contributed by atoms with Crippen molar-refractivity contribution >= 4 is 53.5 Å². The van der Waals surface area contributed by atoms with Crippen molar-refractivity contribution in [3.8, 4) is 0 Å². The van der Waals surface area contributed by atoms with E-state index in [0.29, 0.717) is 37.2 Å². The van der Waals surface area contributed by atoms with E-state index >= 15 is 0 Å². The molecule has 0 aliphatic carbocycles. The number of hydrogen-bond donors (Lipinski definition) is 3. The quantitative estimate of drug-likeness (QED) is 0.258. The summed E-state index contributed by atoms with van der Waals surface area (Å²) >= 11 is 6.11. The van der Waals surface area contributed by atoms with Crippen LogP contribution in [-0.2, 0) is 11.3 Å². The normalized spacial score (nSPS) is 14.2. The molecular formula is C15H21ClIN5O2. The Kier molecular flexibility index (Phi) is 8.83. The van der Waals surface area contributed by atoms with Crippen molar-refractivity contribution in [3.63, 3.8) is 0 Å². The predicted octanol–water partition coefficient (Wildman–Crippen LogP) is 1.56. The lowest BCUT2D eigenvalue weighted by Crippen LogP contribution is -2.43. The highest BCUT2D eigenvalue weighted by atomic mass is 127. The zero-order valence-electron chi connectivity index (χ0n) is 13.3. The Morgan fingerprint density at radius 2 is 2.08 bits per heavy atom. The van der Waals surface area contributed by atoms with Gasteiger partial charge in [-0.2, -0.15) is 0 Å². The maximum Gasteiger partial charge on any atom is 0.324 e. The minimum Gasteiger partial charge on any atom is -0.357 e. The van der Waals surface area contributed by atoms with Gasteiger partial charge in [0.25, 0.3) is 0 Å². The Hall–Kier alpha value is -1.55. The number of carbonyl (C=O) groups excluding carboxylic acids is 2. The van der Waals surface area contributed by atoms with E-state index < -0.39 is 0 Å².